The van der Waals surface area contributed by atoms with Crippen LogP contribution in [-0.4, -0.2) is 24.6 Å². The molecule has 1 aromatic rings. The van der Waals surface area contributed by atoms with E-state index in [1.165, 1.54) is 6.07 Å². The average Bonchev–Trinajstić information content (AvgIpc) is 2.31. The Kier molecular flexibility index (Phi) is 4.67. The highest BCUT2D eigenvalue weighted by molar-refractivity contribution is 5.84. The third-order valence-corrected chi connectivity index (χ3v) is 2.78. The molecule has 0 aliphatic carbocycles. The smallest absolute Gasteiger partial charge is 0.240 e. The number of benzene rings is 1. The molecular weight excluding hydrogens is 235 g/mol. The Balaban J connectivity index is 2.79. The van der Waals surface area contributed by atoms with Crippen molar-refractivity contribution < 1.29 is 13.9 Å². The third kappa shape index (κ3) is 3.20. The fourth-order valence-corrected chi connectivity index (χ4v) is 1.55. The first kappa shape index (κ1) is 14.4. The zero-order valence-electron chi connectivity index (χ0n) is 10.9. The molecule has 1 unspecified atom stereocenters. The Hall–Kier alpha value is -1.62. The van der Waals surface area contributed by atoms with Crippen LogP contribution in [0.5, 0.6) is 5.75 Å². The first-order valence-corrected chi connectivity index (χ1v) is 5.83. The van der Waals surface area contributed by atoms with Gasteiger partial charge in [0.1, 0.15) is 12.1 Å². The van der Waals surface area contributed by atoms with Crippen LogP contribution in [-0.2, 0) is 4.79 Å². The fourth-order valence-electron chi connectivity index (χ4n) is 1.55. The van der Waals surface area contributed by atoms with E-state index in [1.807, 2.05) is 6.92 Å². The van der Waals surface area contributed by atoms with Crippen molar-refractivity contribution in [2.45, 2.75) is 26.3 Å². The largest absolute Gasteiger partial charge is 0.488 e. The normalized spacial score (nSPS) is 14.0. The summed E-state index contributed by atoms with van der Waals surface area (Å²) >= 11 is 0. The Morgan fingerprint density at radius 1 is 1.56 bits per heavy atom. The molecule has 0 radical (unpaired) electrons. The summed E-state index contributed by atoms with van der Waals surface area (Å²) in [6, 6.07) is 4.87. The SMILES string of the molecule is CCNC(C)(COc1cccc(C)c1F)C(N)=O. The molecule has 1 aromatic carbocycles. The van der Waals surface area contributed by atoms with Crippen LogP contribution in [0.2, 0.25) is 0 Å². The summed E-state index contributed by atoms with van der Waals surface area (Å²) < 4.78 is 19.1. The van der Waals surface area contributed by atoms with Gasteiger partial charge in [-0.3, -0.25) is 4.79 Å². The van der Waals surface area contributed by atoms with Gasteiger partial charge in [0, 0.05) is 0 Å². The number of nitrogens with one attached hydrogen (secondary N) is 1. The number of nitrogens with two attached hydrogens (primary N) is 1. The lowest BCUT2D eigenvalue weighted by molar-refractivity contribution is -0.124. The molecule has 5 heteroatoms. The Morgan fingerprint density at radius 3 is 2.78 bits per heavy atom. The molecule has 0 spiro atoms. The van der Waals surface area contributed by atoms with Gasteiger partial charge in [-0.05, 0) is 32.0 Å². The van der Waals surface area contributed by atoms with Gasteiger partial charge in [0.05, 0.1) is 0 Å². The lowest BCUT2D eigenvalue weighted by Gasteiger charge is -2.27. The molecule has 0 saturated carbocycles. The standard InChI is InChI=1S/C13H19FN2O2/c1-4-16-13(3,12(15)17)8-18-10-7-5-6-9(2)11(10)14/h5-7,16H,4,8H2,1-3H3,(H2,15,17). The van der Waals surface area contributed by atoms with Crippen LogP contribution in [0.15, 0.2) is 18.2 Å². The van der Waals surface area contributed by atoms with Gasteiger partial charge < -0.3 is 15.8 Å². The van der Waals surface area contributed by atoms with Crippen LogP contribution in [0.1, 0.15) is 19.4 Å². The second kappa shape index (κ2) is 5.82. The average molecular weight is 254 g/mol. The van der Waals surface area contributed by atoms with Crippen LogP contribution in [0, 0.1) is 12.7 Å². The second-order valence-corrected chi connectivity index (χ2v) is 4.40. The molecule has 0 aliphatic rings. The van der Waals surface area contributed by atoms with Gasteiger partial charge in [-0.1, -0.05) is 19.1 Å². The minimum atomic E-state index is -1.01. The van der Waals surface area contributed by atoms with Crippen molar-refractivity contribution in [1.82, 2.24) is 5.32 Å². The van der Waals surface area contributed by atoms with Crippen molar-refractivity contribution in [1.29, 1.82) is 0 Å². The molecule has 0 aliphatic heterocycles. The zero-order chi connectivity index (χ0) is 13.8. The van der Waals surface area contributed by atoms with Crippen LogP contribution < -0.4 is 15.8 Å². The summed E-state index contributed by atoms with van der Waals surface area (Å²) in [5.74, 6) is -0.821. The number of aryl methyl sites for hydroxylation is 1. The van der Waals surface area contributed by atoms with E-state index in [2.05, 4.69) is 5.32 Å². The summed E-state index contributed by atoms with van der Waals surface area (Å²) in [6.07, 6.45) is 0. The summed E-state index contributed by atoms with van der Waals surface area (Å²) in [6.45, 7) is 5.69. The van der Waals surface area contributed by atoms with Crippen molar-refractivity contribution in [2.75, 3.05) is 13.2 Å². The van der Waals surface area contributed by atoms with Crippen molar-refractivity contribution in [2.24, 2.45) is 5.73 Å². The molecule has 0 fully saturated rings. The predicted octanol–water partition coefficient (Wildman–Crippen LogP) is 1.37. The number of hydrogen-bond donors (Lipinski definition) is 2. The lowest BCUT2D eigenvalue weighted by atomic mass is 10.0. The number of likely N-dealkylation sites (N-methyl/N-ethyl adjacent to an activating group) is 1. The van der Waals surface area contributed by atoms with Crippen LogP contribution in [0.25, 0.3) is 0 Å². The van der Waals surface area contributed by atoms with E-state index in [0.29, 0.717) is 12.1 Å². The Morgan fingerprint density at radius 2 is 2.22 bits per heavy atom. The molecular formula is C13H19FN2O2. The molecule has 1 atom stereocenters. The predicted molar refractivity (Wildman–Crippen MR) is 67.9 cm³/mol. The van der Waals surface area contributed by atoms with Crippen molar-refractivity contribution >= 4 is 5.91 Å². The summed E-state index contributed by atoms with van der Waals surface area (Å²) in [4.78, 5) is 11.4. The number of amides is 1. The summed E-state index contributed by atoms with van der Waals surface area (Å²) in [5, 5.41) is 2.94. The van der Waals surface area contributed by atoms with Gasteiger partial charge in [-0.25, -0.2) is 4.39 Å². The van der Waals surface area contributed by atoms with E-state index in [4.69, 9.17) is 10.5 Å². The Bertz CT molecular complexity index is 437. The quantitative estimate of drug-likeness (QED) is 0.805. The van der Waals surface area contributed by atoms with E-state index >= 15 is 0 Å². The van der Waals surface area contributed by atoms with E-state index in [0.717, 1.165) is 0 Å². The van der Waals surface area contributed by atoms with Crippen LogP contribution >= 0.6 is 0 Å². The molecule has 0 saturated heterocycles. The maximum atomic E-state index is 13.7. The highest BCUT2D eigenvalue weighted by Gasteiger charge is 2.31. The highest BCUT2D eigenvalue weighted by atomic mass is 19.1. The van der Waals surface area contributed by atoms with E-state index in [-0.39, 0.29) is 12.4 Å². The fraction of sp³-hybridized carbons (Fsp3) is 0.462. The molecule has 0 heterocycles. The number of rotatable bonds is 6. The van der Waals surface area contributed by atoms with Gasteiger partial charge in [0.15, 0.2) is 11.6 Å². The van der Waals surface area contributed by atoms with E-state index in [9.17, 15) is 9.18 Å². The van der Waals surface area contributed by atoms with Crippen molar-refractivity contribution in [3.05, 3.63) is 29.6 Å². The van der Waals surface area contributed by atoms with Gasteiger partial charge in [-0.2, -0.15) is 0 Å². The number of hydrogen-bond acceptors (Lipinski definition) is 3. The minimum absolute atomic E-state index is 0.0173. The molecule has 3 N–H and O–H groups in total. The molecule has 0 bridgehead atoms. The van der Waals surface area contributed by atoms with Crippen LogP contribution in [0.3, 0.4) is 0 Å². The van der Waals surface area contributed by atoms with Gasteiger partial charge >= 0.3 is 0 Å². The van der Waals surface area contributed by atoms with E-state index < -0.39 is 17.3 Å². The molecule has 0 aromatic heterocycles. The van der Waals surface area contributed by atoms with Gasteiger partial charge in [-0.15, -0.1) is 0 Å². The lowest BCUT2D eigenvalue weighted by Crippen LogP contribution is -2.57. The maximum absolute atomic E-state index is 13.7. The monoisotopic (exact) mass is 254 g/mol. The van der Waals surface area contributed by atoms with Crippen molar-refractivity contribution in [3.63, 3.8) is 0 Å². The second-order valence-electron chi connectivity index (χ2n) is 4.40. The van der Waals surface area contributed by atoms with Crippen molar-refractivity contribution in [3.8, 4) is 5.75 Å². The molecule has 1 amide bonds. The Labute approximate surface area is 106 Å². The molecule has 100 valence electrons. The van der Waals surface area contributed by atoms with Crippen LogP contribution in [0.4, 0.5) is 4.39 Å². The maximum Gasteiger partial charge on any atom is 0.240 e. The number of ether oxygens (including phenoxy) is 1. The first-order valence-electron chi connectivity index (χ1n) is 5.83. The highest BCUT2D eigenvalue weighted by Crippen LogP contribution is 2.20. The molecule has 18 heavy (non-hydrogen) atoms. The number of primary amides is 1. The first-order chi connectivity index (χ1) is 8.40. The number of carbonyl (C=O) groups excluding carboxylic acids is 1. The topological polar surface area (TPSA) is 64.3 Å². The number of carbonyl (C=O) groups is 1. The third-order valence-electron chi connectivity index (χ3n) is 2.78. The zero-order valence-corrected chi connectivity index (χ0v) is 10.9. The minimum Gasteiger partial charge on any atom is -0.488 e. The van der Waals surface area contributed by atoms with Gasteiger partial charge in [0.25, 0.3) is 0 Å². The molecule has 4 nitrogen and oxygen atoms in total. The van der Waals surface area contributed by atoms with Gasteiger partial charge in [0.2, 0.25) is 5.91 Å². The molecule has 1 rings (SSSR count). The summed E-state index contributed by atoms with van der Waals surface area (Å²) in [5.41, 5.74) is 4.80. The summed E-state index contributed by atoms with van der Waals surface area (Å²) in [7, 11) is 0. The van der Waals surface area contributed by atoms with E-state index in [1.54, 1.807) is 26.0 Å². The number of halogens is 1.